The van der Waals surface area contributed by atoms with Crippen LogP contribution >= 0.6 is 10.9 Å². The Morgan fingerprint density at radius 1 is 0.857 bits per heavy atom. The predicted octanol–water partition coefficient (Wildman–Crippen LogP) is 3.20. The minimum absolute atomic E-state index is 1.33. The zero-order valence-electron chi connectivity index (χ0n) is 7.95. The highest BCUT2D eigenvalue weighted by molar-refractivity contribution is 7.97. The monoisotopic (exact) mass is 198 g/mol. The molecule has 0 nitrogen and oxygen atoms in total. The molecular weight excluding hydrogens is 188 g/mol. The summed E-state index contributed by atoms with van der Waals surface area (Å²) in [6, 6.07) is 11.1. The molecule has 0 spiro atoms. The standard InChI is InChI=1S/C13H10S/c1-9-2-3-10-5-12-7-14-8-13(12)6-11(10)4-9/h2-8H,1H3. The largest absolute Gasteiger partial charge is 0.151 e. The maximum Gasteiger partial charge on any atom is -0.00143 e. The first-order valence-electron chi connectivity index (χ1n) is 4.69. The Morgan fingerprint density at radius 2 is 1.57 bits per heavy atom. The number of aryl methyl sites for hydroxylation is 1. The highest BCUT2D eigenvalue weighted by Gasteiger charge is 2.03. The van der Waals surface area contributed by atoms with E-state index in [0.29, 0.717) is 0 Å². The van der Waals surface area contributed by atoms with Gasteiger partial charge in [-0.05, 0) is 51.7 Å². The summed E-state index contributed by atoms with van der Waals surface area (Å²) in [5, 5.41) is 7.09. The smallest absolute Gasteiger partial charge is 0.00143 e. The van der Waals surface area contributed by atoms with E-state index in [-0.39, 0.29) is 0 Å². The fourth-order valence-electron chi connectivity index (χ4n) is 1.84. The van der Waals surface area contributed by atoms with Gasteiger partial charge in [0.15, 0.2) is 0 Å². The molecule has 3 rings (SSSR count). The van der Waals surface area contributed by atoms with E-state index in [9.17, 15) is 0 Å². The van der Waals surface area contributed by atoms with Crippen molar-refractivity contribution >= 4 is 32.4 Å². The first kappa shape index (κ1) is 8.01. The molecule has 0 radical (unpaired) electrons. The van der Waals surface area contributed by atoms with Crippen LogP contribution in [0, 0.1) is 6.92 Å². The molecule has 0 unspecified atom stereocenters. The normalized spacial score (nSPS) is 12.9. The molecule has 0 N–H and O–H groups in total. The Labute approximate surface area is 86.7 Å². The Balaban J connectivity index is 2.40. The molecule has 0 aliphatic carbocycles. The lowest BCUT2D eigenvalue weighted by Gasteiger charge is -2.02. The summed E-state index contributed by atoms with van der Waals surface area (Å²) in [6.07, 6.45) is 0. The van der Waals surface area contributed by atoms with Crippen molar-refractivity contribution in [1.29, 1.82) is 0 Å². The van der Waals surface area contributed by atoms with Gasteiger partial charge in [0.1, 0.15) is 0 Å². The Morgan fingerprint density at radius 3 is 2.36 bits per heavy atom. The summed E-state index contributed by atoms with van der Waals surface area (Å²) >= 11 is 0. The van der Waals surface area contributed by atoms with Gasteiger partial charge >= 0.3 is 0 Å². The van der Waals surface area contributed by atoms with Crippen LogP contribution in [-0.2, 0) is 0 Å². The Kier molecular flexibility index (Phi) is 1.62. The van der Waals surface area contributed by atoms with E-state index < -0.39 is 0 Å². The quantitative estimate of drug-likeness (QED) is 0.487. The zero-order valence-corrected chi connectivity index (χ0v) is 8.77. The third-order valence-corrected chi connectivity index (χ3v) is 3.37. The second-order valence-corrected chi connectivity index (χ2v) is 4.45. The van der Waals surface area contributed by atoms with Crippen molar-refractivity contribution in [2.45, 2.75) is 6.92 Å². The molecule has 1 aliphatic rings. The summed E-state index contributed by atoms with van der Waals surface area (Å²) in [5.41, 5.74) is 4.03. The van der Waals surface area contributed by atoms with Crippen LogP contribution in [0.4, 0.5) is 0 Å². The van der Waals surface area contributed by atoms with Gasteiger partial charge in [-0.2, -0.15) is 10.9 Å². The summed E-state index contributed by atoms with van der Waals surface area (Å²) in [7, 11) is 1.77. The maximum atomic E-state index is 2.27. The molecule has 0 saturated carbocycles. The molecule has 1 heterocycles. The van der Waals surface area contributed by atoms with Gasteiger partial charge in [-0.25, -0.2) is 0 Å². The van der Waals surface area contributed by atoms with Gasteiger partial charge in [0.25, 0.3) is 0 Å². The molecule has 0 atom stereocenters. The van der Waals surface area contributed by atoms with E-state index >= 15 is 0 Å². The van der Waals surface area contributed by atoms with Crippen molar-refractivity contribution in [3.05, 3.63) is 47.0 Å². The second kappa shape index (κ2) is 2.82. The van der Waals surface area contributed by atoms with Crippen LogP contribution in [0.1, 0.15) is 16.7 Å². The van der Waals surface area contributed by atoms with Crippen LogP contribution < -0.4 is 0 Å². The van der Waals surface area contributed by atoms with Crippen molar-refractivity contribution in [2.75, 3.05) is 0 Å². The van der Waals surface area contributed by atoms with E-state index in [2.05, 4.69) is 48.0 Å². The summed E-state index contributed by atoms with van der Waals surface area (Å²) in [5.74, 6) is 0. The summed E-state index contributed by atoms with van der Waals surface area (Å²) in [4.78, 5) is 0. The van der Waals surface area contributed by atoms with Gasteiger partial charge in [-0.1, -0.05) is 23.8 Å². The highest BCUT2D eigenvalue weighted by Crippen LogP contribution is 2.21. The van der Waals surface area contributed by atoms with Crippen molar-refractivity contribution in [3.63, 3.8) is 0 Å². The van der Waals surface area contributed by atoms with Crippen molar-refractivity contribution in [1.82, 2.24) is 0 Å². The first-order chi connectivity index (χ1) is 6.83. The van der Waals surface area contributed by atoms with Gasteiger partial charge in [0.05, 0.1) is 0 Å². The van der Waals surface area contributed by atoms with Crippen LogP contribution in [0.5, 0.6) is 0 Å². The van der Waals surface area contributed by atoms with Crippen LogP contribution in [0.2, 0.25) is 0 Å². The van der Waals surface area contributed by atoms with Crippen LogP contribution in [-0.4, -0.2) is 10.7 Å². The van der Waals surface area contributed by atoms with Gasteiger partial charge in [-0.15, -0.1) is 0 Å². The molecule has 0 saturated heterocycles. The number of benzene rings is 2. The Hall–Kier alpha value is -1.34. The lowest BCUT2D eigenvalue weighted by molar-refractivity contribution is 1.50. The first-order valence-corrected chi connectivity index (χ1v) is 5.63. The Bertz CT molecular complexity index is 587. The van der Waals surface area contributed by atoms with Crippen molar-refractivity contribution in [2.24, 2.45) is 0 Å². The van der Waals surface area contributed by atoms with E-state index in [1.54, 1.807) is 10.9 Å². The van der Waals surface area contributed by atoms with Crippen molar-refractivity contribution < 1.29 is 0 Å². The predicted molar refractivity (Wildman–Crippen MR) is 66.6 cm³/mol. The zero-order chi connectivity index (χ0) is 9.54. The lowest BCUT2D eigenvalue weighted by Crippen LogP contribution is -1.86. The topological polar surface area (TPSA) is 0 Å². The van der Waals surface area contributed by atoms with Gasteiger partial charge in [0, 0.05) is 0 Å². The van der Waals surface area contributed by atoms with E-state index in [4.69, 9.17) is 0 Å². The molecular formula is C13H10S. The molecule has 2 aromatic rings. The highest BCUT2D eigenvalue weighted by atomic mass is 32.1. The maximum absolute atomic E-state index is 2.27. The number of rotatable bonds is 0. The van der Waals surface area contributed by atoms with E-state index in [1.807, 2.05) is 0 Å². The molecule has 68 valence electrons. The van der Waals surface area contributed by atoms with Gasteiger partial charge in [-0.3, -0.25) is 0 Å². The third-order valence-electron chi connectivity index (χ3n) is 2.59. The fraction of sp³-hybridized carbons (Fsp3) is 0.0769. The summed E-state index contributed by atoms with van der Waals surface area (Å²) < 4.78 is 0. The molecule has 1 aliphatic heterocycles. The number of hydrogen-bond donors (Lipinski definition) is 0. The molecule has 0 fully saturated rings. The molecule has 14 heavy (non-hydrogen) atoms. The van der Waals surface area contributed by atoms with Crippen LogP contribution in [0.25, 0.3) is 10.8 Å². The lowest BCUT2D eigenvalue weighted by atomic mass is 10.0. The molecule has 2 aromatic carbocycles. The number of hydrogen-bond acceptors (Lipinski definition) is 0. The van der Waals surface area contributed by atoms with E-state index in [1.165, 1.54) is 27.5 Å². The fourth-order valence-corrected chi connectivity index (χ4v) is 2.61. The van der Waals surface area contributed by atoms with Gasteiger partial charge in [0.2, 0.25) is 0 Å². The van der Waals surface area contributed by atoms with Crippen LogP contribution in [0.15, 0.2) is 30.3 Å². The molecule has 1 heteroatoms. The third kappa shape index (κ3) is 1.13. The average molecular weight is 198 g/mol. The molecule has 0 bridgehead atoms. The SMILES string of the molecule is Cc1ccc2cc3c(cc2c1)C=S=C3. The van der Waals surface area contributed by atoms with Crippen molar-refractivity contribution in [3.8, 4) is 0 Å². The van der Waals surface area contributed by atoms with E-state index in [0.717, 1.165) is 0 Å². The molecule has 0 amide bonds. The van der Waals surface area contributed by atoms with Crippen LogP contribution in [0.3, 0.4) is 0 Å². The average Bonchev–Trinajstić information content (AvgIpc) is 2.61. The molecule has 0 aromatic heterocycles. The minimum Gasteiger partial charge on any atom is -0.151 e. The summed E-state index contributed by atoms with van der Waals surface area (Å²) in [6.45, 7) is 2.14. The second-order valence-electron chi connectivity index (χ2n) is 3.70. The minimum atomic E-state index is 1.33. The number of fused-ring (bicyclic) bond motifs is 2. The van der Waals surface area contributed by atoms with Gasteiger partial charge < -0.3 is 0 Å².